The predicted molar refractivity (Wildman–Crippen MR) is 85.8 cm³/mol. The molecule has 0 fully saturated rings. The van der Waals surface area contributed by atoms with Gasteiger partial charge in [0.2, 0.25) is 0 Å². The topological polar surface area (TPSA) is 80.0 Å². The fourth-order valence-corrected chi connectivity index (χ4v) is 3.38. The standard InChI is InChI=1S/C13H18N4OS2/c1-13(2,8-5-4-6-19-8)7-16-12-9(11(18)15-3)10(14)17-20-12/h4-6,16H,7H2,1-3H3,(H2,14,17)(H,15,18). The summed E-state index contributed by atoms with van der Waals surface area (Å²) in [7, 11) is 1.58. The number of nitrogens with two attached hydrogens (primary N) is 1. The van der Waals surface area contributed by atoms with E-state index in [0.717, 1.165) is 0 Å². The molecule has 0 aromatic carbocycles. The molecule has 2 rings (SSSR count). The zero-order valence-corrected chi connectivity index (χ0v) is 13.3. The smallest absolute Gasteiger partial charge is 0.257 e. The number of hydrogen-bond donors (Lipinski definition) is 3. The van der Waals surface area contributed by atoms with Gasteiger partial charge < -0.3 is 16.4 Å². The molecule has 4 N–H and O–H groups in total. The largest absolute Gasteiger partial charge is 0.382 e. The number of thiophene rings is 1. The van der Waals surface area contributed by atoms with Crippen molar-refractivity contribution in [2.24, 2.45) is 0 Å². The van der Waals surface area contributed by atoms with E-state index in [4.69, 9.17) is 5.73 Å². The molecule has 2 aromatic heterocycles. The van der Waals surface area contributed by atoms with Gasteiger partial charge in [0.05, 0.1) is 0 Å². The maximum atomic E-state index is 11.8. The van der Waals surface area contributed by atoms with Crippen molar-refractivity contribution >= 4 is 39.6 Å². The first-order valence-electron chi connectivity index (χ1n) is 6.21. The van der Waals surface area contributed by atoms with E-state index in [2.05, 4.69) is 40.3 Å². The van der Waals surface area contributed by atoms with Crippen molar-refractivity contribution in [1.29, 1.82) is 0 Å². The maximum absolute atomic E-state index is 11.8. The van der Waals surface area contributed by atoms with E-state index in [1.54, 1.807) is 18.4 Å². The highest BCUT2D eigenvalue weighted by Gasteiger charge is 2.24. The maximum Gasteiger partial charge on any atom is 0.257 e. The van der Waals surface area contributed by atoms with Crippen molar-refractivity contribution in [3.8, 4) is 0 Å². The lowest BCUT2D eigenvalue weighted by atomic mass is 9.91. The Morgan fingerprint density at radius 3 is 2.85 bits per heavy atom. The molecule has 5 nitrogen and oxygen atoms in total. The van der Waals surface area contributed by atoms with Crippen LogP contribution in [0.15, 0.2) is 17.5 Å². The summed E-state index contributed by atoms with van der Waals surface area (Å²) in [6.07, 6.45) is 0. The highest BCUT2D eigenvalue weighted by molar-refractivity contribution is 7.11. The minimum atomic E-state index is -0.215. The lowest BCUT2D eigenvalue weighted by Crippen LogP contribution is -2.27. The first kappa shape index (κ1) is 14.8. The average Bonchev–Trinajstić information content (AvgIpc) is 3.05. The Balaban J connectivity index is 2.14. The van der Waals surface area contributed by atoms with E-state index in [1.807, 2.05) is 6.07 Å². The van der Waals surface area contributed by atoms with E-state index in [1.165, 1.54) is 16.4 Å². The van der Waals surface area contributed by atoms with Crippen molar-refractivity contribution in [2.75, 3.05) is 24.6 Å². The number of carbonyl (C=O) groups excluding carboxylic acids is 1. The fourth-order valence-electron chi connectivity index (χ4n) is 1.82. The minimum Gasteiger partial charge on any atom is -0.382 e. The van der Waals surface area contributed by atoms with Gasteiger partial charge >= 0.3 is 0 Å². The number of nitrogens with zero attached hydrogens (tertiary/aromatic N) is 1. The Morgan fingerprint density at radius 1 is 1.50 bits per heavy atom. The second kappa shape index (κ2) is 5.80. The summed E-state index contributed by atoms with van der Waals surface area (Å²) < 4.78 is 4.05. The molecule has 0 radical (unpaired) electrons. The summed E-state index contributed by atoms with van der Waals surface area (Å²) in [6, 6.07) is 4.16. The van der Waals surface area contributed by atoms with Crippen LogP contribution in [0.25, 0.3) is 0 Å². The molecule has 0 bridgehead atoms. The number of nitrogens with one attached hydrogen (secondary N) is 2. The highest BCUT2D eigenvalue weighted by atomic mass is 32.1. The number of hydrogen-bond acceptors (Lipinski definition) is 6. The van der Waals surface area contributed by atoms with Gasteiger partial charge in [-0.25, -0.2) is 0 Å². The van der Waals surface area contributed by atoms with E-state index >= 15 is 0 Å². The van der Waals surface area contributed by atoms with Crippen LogP contribution in [0.4, 0.5) is 10.8 Å². The van der Waals surface area contributed by atoms with E-state index in [9.17, 15) is 4.79 Å². The van der Waals surface area contributed by atoms with Crippen molar-refractivity contribution < 1.29 is 4.79 Å². The molecule has 1 amide bonds. The zero-order valence-electron chi connectivity index (χ0n) is 11.7. The third-order valence-electron chi connectivity index (χ3n) is 3.05. The second-order valence-electron chi connectivity index (χ2n) is 5.07. The van der Waals surface area contributed by atoms with Crippen LogP contribution < -0.4 is 16.4 Å². The molecular formula is C13H18N4OS2. The van der Waals surface area contributed by atoms with Gasteiger partial charge in [0.15, 0.2) is 5.82 Å². The van der Waals surface area contributed by atoms with Crippen LogP contribution in [0.1, 0.15) is 29.1 Å². The van der Waals surface area contributed by atoms with Gasteiger partial charge in [0.1, 0.15) is 10.6 Å². The normalized spacial score (nSPS) is 11.3. The first-order chi connectivity index (χ1) is 9.45. The predicted octanol–water partition coefficient (Wildman–Crippen LogP) is 2.54. The number of aromatic nitrogens is 1. The number of nitrogen functional groups attached to an aromatic ring is 1. The molecule has 2 aromatic rings. The Hall–Kier alpha value is -1.60. The van der Waals surface area contributed by atoms with Gasteiger partial charge in [-0.1, -0.05) is 19.9 Å². The molecule has 2 heterocycles. The van der Waals surface area contributed by atoms with Crippen molar-refractivity contribution in [3.63, 3.8) is 0 Å². The number of anilines is 2. The molecule has 0 saturated heterocycles. The fraction of sp³-hybridized carbons (Fsp3) is 0.385. The molecule has 0 unspecified atom stereocenters. The highest BCUT2D eigenvalue weighted by Crippen LogP contribution is 2.31. The lowest BCUT2D eigenvalue weighted by Gasteiger charge is -2.24. The Labute approximate surface area is 126 Å². The molecular weight excluding hydrogens is 292 g/mol. The van der Waals surface area contributed by atoms with Gasteiger partial charge in [-0.2, -0.15) is 4.37 Å². The van der Waals surface area contributed by atoms with Gasteiger partial charge in [0.25, 0.3) is 5.91 Å². The SMILES string of the molecule is CNC(=O)c1c(N)nsc1NCC(C)(C)c1cccs1. The number of amides is 1. The molecule has 108 valence electrons. The van der Waals surface area contributed by atoms with E-state index in [-0.39, 0.29) is 17.1 Å². The Morgan fingerprint density at radius 2 is 2.25 bits per heavy atom. The Bertz CT molecular complexity index is 590. The molecule has 0 spiro atoms. The van der Waals surface area contributed by atoms with Crippen LogP contribution in [0.5, 0.6) is 0 Å². The van der Waals surface area contributed by atoms with Gasteiger partial charge in [0, 0.05) is 23.9 Å². The summed E-state index contributed by atoms with van der Waals surface area (Å²) in [5, 5.41) is 8.66. The van der Waals surface area contributed by atoms with Crippen molar-refractivity contribution in [3.05, 3.63) is 28.0 Å². The number of carbonyl (C=O) groups is 1. The van der Waals surface area contributed by atoms with Crippen LogP contribution in [0, 0.1) is 0 Å². The van der Waals surface area contributed by atoms with Gasteiger partial charge in [-0.05, 0) is 23.0 Å². The quantitative estimate of drug-likeness (QED) is 0.793. The molecule has 0 aliphatic rings. The third kappa shape index (κ3) is 2.94. The van der Waals surface area contributed by atoms with Gasteiger partial charge in [-0.3, -0.25) is 4.79 Å². The molecule has 7 heteroatoms. The van der Waals surface area contributed by atoms with Crippen LogP contribution in [0.2, 0.25) is 0 Å². The average molecular weight is 310 g/mol. The molecule has 0 saturated carbocycles. The summed E-state index contributed by atoms with van der Waals surface area (Å²) in [5.74, 6) is 0.0541. The van der Waals surface area contributed by atoms with E-state index in [0.29, 0.717) is 17.1 Å². The summed E-state index contributed by atoms with van der Waals surface area (Å²) in [5.41, 5.74) is 6.16. The van der Waals surface area contributed by atoms with E-state index < -0.39 is 0 Å². The van der Waals surface area contributed by atoms with Crippen LogP contribution in [0.3, 0.4) is 0 Å². The van der Waals surface area contributed by atoms with Crippen molar-refractivity contribution in [1.82, 2.24) is 9.69 Å². The molecule has 0 aliphatic carbocycles. The Kier molecular flexibility index (Phi) is 4.29. The van der Waals surface area contributed by atoms with Crippen LogP contribution in [-0.2, 0) is 5.41 Å². The van der Waals surface area contributed by atoms with Crippen LogP contribution in [-0.4, -0.2) is 23.9 Å². The third-order valence-corrected chi connectivity index (χ3v) is 5.11. The lowest BCUT2D eigenvalue weighted by molar-refractivity contribution is 0.0965. The number of rotatable bonds is 5. The monoisotopic (exact) mass is 310 g/mol. The first-order valence-corrected chi connectivity index (χ1v) is 7.86. The summed E-state index contributed by atoms with van der Waals surface area (Å²) in [4.78, 5) is 13.1. The van der Waals surface area contributed by atoms with Gasteiger partial charge in [-0.15, -0.1) is 11.3 Å². The molecule has 0 aliphatic heterocycles. The molecule has 0 atom stereocenters. The second-order valence-corrected chi connectivity index (χ2v) is 6.79. The van der Waals surface area contributed by atoms with Crippen molar-refractivity contribution in [2.45, 2.75) is 19.3 Å². The summed E-state index contributed by atoms with van der Waals surface area (Å²) in [6.45, 7) is 5.03. The minimum absolute atomic E-state index is 0.0210. The van der Waals surface area contributed by atoms with Crippen LogP contribution >= 0.6 is 22.9 Å². The summed E-state index contributed by atoms with van der Waals surface area (Å²) >= 11 is 2.94. The zero-order chi connectivity index (χ0) is 14.8. The molecule has 20 heavy (non-hydrogen) atoms.